The molecule has 1 fully saturated rings. The van der Waals surface area contributed by atoms with Gasteiger partial charge in [0, 0.05) is 5.75 Å². The zero-order valence-electron chi connectivity index (χ0n) is 16.0. The minimum Gasteiger partial charge on any atom is -0.480 e. The summed E-state index contributed by atoms with van der Waals surface area (Å²) in [5, 5.41) is 36.7. The predicted molar refractivity (Wildman–Crippen MR) is 109 cm³/mol. The van der Waals surface area contributed by atoms with Gasteiger partial charge in [0.15, 0.2) is 17.4 Å². The number of aromatic amines is 1. The Hall–Kier alpha value is -2.12. The largest absolute Gasteiger partial charge is 0.480 e. The molecule has 5 atom stereocenters. The van der Waals surface area contributed by atoms with Gasteiger partial charge in [-0.05, 0) is 0 Å². The van der Waals surface area contributed by atoms with E-state index in [9.17, 15) is 19.8 Å². The van der Waals surface area contributed by atoms with E-state index in [1.165, 1.54) is 10.9 Å². The van der Waals surface area contributed by atoms with E-state index in [4.69, 9.17) is 45.7 Å². The van der Waals surface area contributed by atoms with Crippen LogP contribution in [0, 0.1) is 0 Å². The van der Waals surface area contributed by atoms with Crippen LogP contribution in [0.2, 0.25) is 0 Å². The summed E-state index contributed by atoms with van der Waals surface area (Å²) >= 11 is 3.65. The summed E-state index contributed by atoms with van der Waals surface area (Å²) in [6.45, 7) is -0.447. The van der Waals surface area contributed by atoms with Gasteiger partial charge in [-0.15, -0.1) is 0 Å². The van der Waals surface area contributed by atoms with Crippen molar-refractivity contribution in [3.8, 4) is 0 Å². The van der Waals surface area contributed by atoms with Crippen molar-refractivity contribution < 1.29 is 49.2 Å². The van der Waals surface area contributed by atoms with Gasteiger partial charge in [0.05, 0.1) is 12.9 Å². The zero-order valence-corrected chi connectivity index (χ0v) is 17.8. The van der Waals surface area contributed by atoms with E-state index in [-0.39, 0.29) is 22.9 Å². The number of aliphatic carboxylic acids is 1. The van der Waals surface area contributed by atoms with E-state index in [0.29, 0.717) is 0 Å². The number of aliphatic hydroxyl groups excluding tert-OH is 3. The van der Waals surface area contributed by atoms with Crippen LogP contribution in [0.15, 0.2) is 11.1 Å². The fourth-order valence-corrected chi connectivity index (χ4v) is 2.47. The molecule has 2 aromatic heterocycles. The maximum atomic E-state index is 11.7. The molecule has 0 radical (unpaired) electrons. The fraction of sp³-hybridized carbons (Fsp3) is 0.538. The van der Waals surface area contributed by atoms with Crippen molar-refractivity contribution in [2.45, 2.75) is 30.6 Å². The Labute approximate surface area is 183 Å². The van der Waals surface area contributed by atoms with E-state index >= 15 is 0 Å². The van der Waals surface area contributed by atoms with Gasteiger partial charge in [0.1, 0.15) is 24.4 Å². The van der Waals surface area contributed by atoms with E-state index < -0.39 is 56.5 Å². The molecule has 182 valence electrons. The number of carboxylic acid groups (broad SMARTS) is 1. The molecule has 0 aromatic carbocycles. The summed E-state index contributed by atoms with van der Waals surface area (Å²) in [6.07, 6.45) is -3.21. The van der Waals surface area contributed by atoms with Gasteiger partial charge in [-0.3, -0.25) is 19.1 Å². The van der Waals surface area contributed by atoms with Crippen LogP contribution in [0.3, 0.4) is 0 Å². The highest BCUT2D eigenvalue weighted by molar-refractivity contribution is 7.80. The Morgan fingerprint density at radius 1 is 1.34 bits per heavy atom. The summed E-state index contributed by atoms with van der Waals surface area (Å²) < 4.78 is 15.5. The first-order chi connectivity index (χ1) is 14.7. The third-order valence-corrected chi connectivity index (χ3v) is 4.15. The van der Waals surface area contributed by atoms with Crippen LogP contribution in [0.1, 0.15) is 6.23 Å². The number of aromatic nitrogens is 4. The second-order valence-corrected chi connectivity index (χ2v) is 7.54. The molecule has 1 saturated heterocycles. The third-order valence-electron chi connectivity index (χ3n) is 3.76. The topological polar surface area (TPSA) is 301 Å². The molecule has 17 nitrogen and oxygen atoms in total. The lowest BCUT2D eigenvalue weighted by Crippen LogP contribution is -2.33. The SMILES string of the molecule is NC(CS)C(=O)O.Nc1nc2c(ncn2[C@@H]2O[C@H](CO)[C@@H](O)[C@H]2O)c(=O)[nH]1.O=P(O)(O)O. The van der Waals surface area contributed by atoms with E-state index in [1.54, 1.807) is 0 Å². The van der Waals surface area contributed by atoms with E-state index in [2.05, 4.69) is 27.6 Å². The molecule has 2 aromatic rings. The van der Waals surface area contributed by atoms with Crippen LogP contribution in [-0.4, -0.2) is 97.3 Å². The van der Waals surface area contributed by atoms with Gasteiger partial charge >= 0.3 is 13.8 Å². The van der Waals surface area contributed by atoms with Crippen molar-refractivity contribution in [2.24, 2.45) is 5.73 Å². The van der Waals surface area contributed by atoms with Gasteiger partial charge in [-0.2, -0.15) is 17.6 Å². The van der Waals surface area contributed by atoms with Crippen LogP contribution in [0.25, 0.3) is 11.2 Å². The summed E-state index contributed by atoms with van der Waals surface area (Å²) in [6, 6.07) is -0.816. The second-order valence-electron chi connectivity index (χ2n) is 6.14. The molecule has 3 rings (SSSR count). The summed E-state index contributed by atoms with van der Waals surface area (Å²) in [5.74, 6) is -0.916. The van der Waals surface area contributed by atoms with Gasteiger partial charge in [-0.25, -0.2) is 9.55 Å². The number of rotatable bonds is 4. The van der Waals surface area contributed by atoms with Crippen molar-refractivity contribution in [3.63, 3.8) is 0 Å². The molecule has 1 aliphatic heterocycles. The number of thiol groups is 1. The number of nitrogens with one attached hydrogen (secondary N) is 1. The van der Waals surface area contributed by atoms with Crippen LogP contribution < -0.4 is 17.0 Å². The highest BCUT2D eigenvalue weighted by Gasteiger charge is 2.44. The van der Waals surface area contributed by atoms with Gasteiger partial charge in [0.25, 0.3) is 5.56 Å². The van der Waals surface area contributed by atoms with Crippen molar-refractivity contribution in [2.75, 3.05) is 18.1 Å². The lowest BCUT2D eigenvalue weighted by Gasteiger charge is -2.16. The molecular formula is C13H23N6O11PS. The van der Waals surface area contributed by atoms with Crippen molar-refractivity contribution in [3.05, 3.63) is 16.7 Å². The first-order valence-electron chi connectivity index (χ1n) is 8.43. The first-order valence-corrected chi connectivity index (χ1v) is 10.6. The van der Waals surface area contributed by atoms with E-state index in [0.717, 1.165) is 0 Å². The molecule has 0 spiro atoms. The minimum atomic E-state index is -4.64. The van der Waals surface area contributed by atoms with Crippen molar-refractivity contribution in [1.82, 2.24) is 19.5 Å². The van der Waals surface area contributed by atoms with Crippen molar-refractivity contribution >= 4 is 43.5 Å². The smallest absolute Gasteiger partial charge is 0.466 e. The Bertz CT molecular complexity index is 1000. The molecular weight excluding hydrogens is 479 g/mol. The Morgan fingerprint density at radius 3 is 2.31 bits per heavy atom. The zero-order chi connectivity index (χ0) is 24.8. The molecule has 32 heavy (non-hydrogen) atoms. The lowest BCUT2D eigenvalue weighted by molar-refractivity contribution is -0.137. The molecule has 0 bridgehead atoms. The van der Waals surface area contributed by atoms with Crippen LogP contribution >= 0.6 is 20.5 Å². The average molecular weight is 502 g/mol. The average Bonchev–Trinajstić information content (AvgIpc) is 3.21. The van der Waals surface area contributed by atoms with Crippen LogP contribution in [0.5, 0.6) is 0 Å². The predicted octanol–water partition coefficient (Wildman–Crippen LogP) is -4.29. The number of fused-ring (bicyclic) bond motifs is 1. The highest BCUT2D eigenvalue weighted by Crippen LogP contribution is 2.30. The minimum absolute atomic E-state index is 0.0388. The van der Waals surface area contributed by atoms with Crippen molar-refractivity contribution in [1.29, 1.82) is 0 Å². The number of carbonyl (C=O) groups is 1. The number of phosphoric acid groups is 1. The third kappa shape index (κ3) is 7.78. The normalized spacial score (nSPS) is 23.6. The number of nitrogens with zero attached hydrogens (tertiary/aromatic N) is 3. The molecule has 0 amide bonds. The molecule has 0 aliphatic carbocycles. The summed E-state index contributed by atoms with van der Waals surface area (Å²) in [7, 11) is -4.64. The summed E-state index contributed by atoms with van der Waals surface area (Å²) in [4.78, 5) is 53.1. The first kappa shape index (κ1) is 27.9. The lowest BCUT2D eigenvalue weighted by atomic mass is 10.1. The highest BCUT2D eigenvalue weighted by atomic mass is 32.1. The Morgan fingerprint density at radius 2 is 1.91 bits per heavy atom. The molecule has 19 heteroatoms. The molecule has 1 aliphatic rings. The monoisotopic (exact) mass is 502 g/mol. The number of anilines is 1. The molecule has 1 unspecified atom stereocenters. The quantitative estimate of drug-likeness (QED) is 0.139. The Balaban J connectivity index is 0.000000355. The number of imidazole rings is 1. The second kappa shape index (κ2) is 11.7. The molecule has 0 saturated carbocycles. The van der Waals surface area contributed by atoms with Crippen LogP contribution in [0.4, 0.5) is 5.95 Å². The molecule has 12 N–H and O–H groups in total. The van der Waals surface area contributed by atoms with Gasteiger partial charge in [0.2, 0.25) is 5.95 Å². The standard InChI is InChI=1S/C10H13N5O5.C3H7NO2S.H3O4P/c11-10-13-7-4(8(19)14-10)12-2-15(7)9-6(18)5(17)3(1-16)20-9;4-2(1-7)3(5)6;1-5(2,3)4/h2-3,5-6,9,16-18H,1H2,(H3,11,13,14,19);2,7H,1,4H2,(H,5,6);(H3,1,2,3,4)/t3-,5-,6-,9-;;/m1../s1. The number of hydrogen-bond donors (Lipinski definition) is 11. The number of hydrogen-bond acceptors (Lipinski definition) is 12. The number of ether oxygens (including phenoxy) is 1. The molecule has 3 heterocycles. The van der Waals surface area contributed by atoms with E-state index in [1.807, 2.05) is 0 Å². The number of H-pyrrole nitrogens is 1. The number of aliphatic hydroxyl groups is 3. The van der Waals surface area contributed by atoms with Gasteiger partial charge < -0.3 is 51.3 Å². The summed E-state index contributed by atoms with van der Waals surface area (Å²) in [5.41, 5.74) is 10.1. The number of carboxylic acids is 1. The number of nitrogens with two attached hydrogens (primary N) is 2. The van der Waals surface area contributed by atoms with Gasteiger partial charge in [-0.1, -0.05) is 0 Å². The fourth-order valence-electron chi connectivity index (χ4n) is 2.32. The maximum Gasteiger partial charge on any atom is 0.466 e. The Kier molecular flexibility index (Phi) is 10.2. The maximum absolute atomic E-state index is 11.7. The van der Waals surface area contributed by atoms with Crippen LogP contribution in [-0.2, 0) is 14.1 Å². The number of nitrogen functional groups attached to an aromatic ring is 1.